The zero-order valence-electron chi connectivity index (χ0n) is 12.8. The maximum Gasteiger partial charge on any atom is 0.290 e. The molecule has 1 aromatic carbocycles. The number of rotatable bonds is 2. The first-order valence-corrected chi connectivity index (χ1v) is 8.12. The molecule has 2 aliphatic rings. The number of benzene rings is 1. The van der Waals surface area contributed by atoms with Crippen LogP contribution in [0.1, 0.15) is 29.8 Å². The Morgan fingerprint density at radius 1 is 1.13 bits per heavy atom. The lowest BCUT2D eigenvalue weighted by molar-refractivity contribution is 0.0648. The number of halogens is 1. The van der Waals surface area contributed by atoms with Crippen LogP contribution < -0.4 is 5.32 Å². The smallest absolute Gasteiger partial charge is 0.290 e. The summed E-state index contributed by atoms with van der Waals surface area (Å²) in [5, 5.41) is 3.38. The van der Waals surface area contributed by atoms with Crippen molar-refractivity contribution in [2.45, 2.75) is 31.3 Å². The van der Waals surface area contributed by atoms with Crippen molar-refractivity contribution in [3.8, 4) is 11.3 Å². The molecule has 0 radical (unpaired) electrons. The zero-order chi connectivity index (χ0) is 15.8. The minimum absolute atomic E-state index is 0.0798. The Morgan fingerprint density at radius 3 is 2.83 bits per heavy atom. The summed E-state index contributed by atoms with van der Waals surface area (Å²) in [5.41, 5.74) is 0.382. The molecule has 2 atom stereocenters. The summed E-state index contributed by atoms with van der Waals surface area (Å²) in [5.74, 6) is 0.262. The Morgan fingerprint density at radius 2 is 1.96 bits per heavy atom. The molecule has 1 amide bonds. The molecule has 1 N–H and O–H groups in total. The van der Waals surface area contributed by atoms with Gasteiger partial charge in [0.25, 0.3) is 5.91 Å². The van der Waals surface area contributed by atoms with E-state index < -0.39 is 0 Å². The van der Waals surface area contributed by atoms with Gasteiger partial charge in [0.15, 0.2) is 5.76 Å². The van der Waals surface area contributed by atoms with Gasteiger partial charge in [0.2, 0.25) is 0 Å². The summed E-state index contributed by atoms with van der Waals surface area (Å²) in [6, 6.07) is 10.3. The standard InChI is InChI=1S/C18H19FN2O2/c19-15-4-2-1-3-14(15)16-7-8-17(23-16)18(22)21-12-5-6-13(21)11-20-10-9-12/h1-4,7-8,12-13,20H,5-6,9-11H2. The molecule has 1 aromatic heterocycles. The first-order chi connectivity index (χ1) is 11.2. The van der Waals surface area contributed by atoms with Crippen LogP contribution in [0.2, 0.25) is 0 Å². The van der Waals surface area contributed by atoms with Gasteiger partial charge in [-0.25, -0.2) is 4.39 Å². The zero-order valence-corrected chi connectivity index (χ0v) is 12.8. The molecule has 0 spiro atoms. The van der Waals surface area contributed by atoms with Crippen molar-refractivity contribution in [3.63, 3.8) is 0 Å². The molecule has 4 nitrogen and oxygen atoms in total. The van der Waals surface area contributed by atoms with Crippen molar-refractivity contribution >= 4 is 5.91 Å². The van der Waals surface area contributed by atoms with Gasteiger partial charge in [-0.15, -0.1) is 0 Å². The van der Waals surface area contributed by atoms with Crippen LogP contribution in [0.15, 0.2) is 40.8 Å². The van der Waals surface area contributed by atoms with E-state index in [0.29, 0.717) is 17.1 Å². The lowest BCUT2D eigenvalue weighted by Crippen LogP contribution is -2.42. The van der Waals surface area contributed by atoms with Crippen LogP contribution in [-0.2, 0) is 0 Å². The molecule has 5 heteroatoms. The first kappa shape index (κ1) is 14.5. The number of nitrogens with zero attached hydrogens (tertiary/aromatic N) is 1. The minimum atomic E-state index is -0.347. The second kappa shape index (κ2) is 5.81. The van der Waals surface area contributed by atoms with Crippen molar-refractivity contribution < 1.29 is 13.6 Å². The van der Waals surface area contributed by atoms with Gasteiger partial charge in [0, 0.05) is 18.6 Å². The third-order valence-corrected chi connectivity index (χ3v) is 4.84. The van der Waals surface area contributed by atoms with Crippen LogP contribution in [-0.4, -0.2) is 36.0 Å². The topological polar surface area (TPSA) is 45.5 Å². The fourth-order valence-corrected chi connectivity index (χ4v) is 3.70. The summed E-state index contributed by atoms with van der Waals surface area (Å²) in [6.45, 7) is 1.78. The molecular weight excluding hydrogens is 295 g/mol. The highest BCUT2D eigenvalue weighted by Crippen LogP contribution is 2.31. The minimum Gasteiger partial charge on any atom is -0.451 e. The third kappa shape index (κ3) is 2.55. The lowest BCUT2D eigenvalue weighted by atomic mass is 10.1. The summed E-state index contributed by atoms with van der Waals surface area (Å²) >= 11 is 0. The first-order valence-electron chi connectivity index (χ1n) is 8.12. The Hall–Kier alpha value is -2.14. The molecule has 2 unspecified atom stereocenters. The number of carbonyl (C=O) groups is 1. The van der Waals surface area contributed by atoms with E-state index in [1.807, 2.05) is 4.90 Å². The molecule has 2 aromatic rings. The Labute approximate surface area is 134 Å². The normalized spacial score (nSPS) is 23.8. The predicted molar refractivity (Wildman–Crippen MR) is 84.6 cm³/mol. The molecule has 120 valence electrons. The van der Waals surface area contributed by atoms with Crippen molar-refractivity contribution in [2.24, 2.45) is 0 Å². The molecule has 2 fully saturated rings. The molecule has 0 aliphatic carbocycles. The van der Waals surface area contributed by atoms with Crippen LogP contribution in [0.3, 0.4) is 0 Å². The Kier molecular flexibility index (Phi) is 3.65. The van der Waals surface area contributed by atoms with Gasteiger partial charge in [-0.2, -0.15) is 0 Å². The summed E-state index contributed by atoms with van der Waals surface area (Å²) in [4.78, 5) is 14.8. The van der Waals surface area contributed by atoms with Crippen molar-refractivity contribution in [1.29, 1.82) is 0 Å². The van der Waals surface area contributed by atoms with E-state index in [9.17, 15) is 9.18 Å². The van der Waals surface area contributed by atoms with Gasteiger partial charge in [-0.05, 0) is 50.1 Å². The van der Waals surface area contributed by atoms with E-state index in [1.165, 1.54) is 6.07 Å². The molecule has 2 bridgehead atoms. The monoisotopic (exact) mass is 314 g/mol. The molecule has 4 rings (SSSR count). The highest BCUT2D eigenvalue weighted by molar-refractivity contribution is 5.93. The van der Waals surface area contributed by atoms with Crippen LogP contribution in [0, 0.1) is 5.82 Å². The van der Waals surface area contributed by atoms with Crippen molar-refractivity contribution in [3.05, 3.63) is 48.0 Å². The lowest BCUT2D eigenvalue weighted by Gasteiger charge is -2.26. The number of furan rings is 1. The van der Waals surface area contributed by atoms with Crippen LogP contribution in [0.5, 0.6) is 0 Å². The van der Waals surface area contributed by atoms with Gasteiger partial charge in [0.05, 0.1) is 5.56 Å². The quantitative estimate of drug-likeness (QED) is 0.926. The number of fused-ring (bicyclic) bond motifs is 2. The van der Waals surface area contributed by atoms with Gasteiger partial charge in [-0.3, -0.25) is 4.79 Å². The third-order valence-electron chi connectivity index (χ3n) is 4.84. The number of amides is 1. The van der Waals surface area contributed by atoms with E-state index in [0.717, 1.165) is 32.4 Å². The molecule has 2 aliphatic heterocycles. The number of carbonyl (C=O) groups excluding carboxylic acids is 1. The second-order valence-corrected chi connectivity index (χ2v) is 6.23. The van der Waals surface area contributed by atoms with Crippen molar-refractivity contribution in [1.82, 2.24) is 10.2 Å². The van der Waals surface area contributed by atoms with E-state index >= 15 is 0 Å². The number of hydrogen-bond acceptors (Lipinski definition) is 3. The second-order valence-electron chi connectivity index (χ2n) is 6.23. The van der Waals surface area contributed by atoms with Gasteiger partial charge in [0.1, 0.15) is 11.6 Å². The van der Waals surface area contributed by atoms with Gasteiger partial charge in [-0.1, -0.05) is 12.1 Å². The maximum atomic E-state index is 13.9. The SMILES string of the molecule is O=C(c1ccc(-c2ccccc2F)o1)N1C2CCNCC1CC2. The molecule has 23 heavy (non-hydrogen) atoms. The van der Waals surface area contributed by atoms with E-state index in [-0.39, 0.29) is 23.8 Å². The van der Waals surface area contributed by atoms with Crippen LogP contribution >= 0.6 is 0 Å². The summed E-state index contributed by atoms with van der Waals surface area (Å²) < 4.78 is 19.5. The number of hydrogen-bond donors (Lipinski definition) is 1. The Bertz CT molecular complexity index is 713. The fraction of sp³-hybridized carbons (Fsp3) is 0.389. The molecule has 3 heterocycles. The Balaban J connectivity index is 1.62. The molecular formula is C18H19FN2O2. The summed E-state index contributed by atoms with van der Waals surface area (Å²) in [7, 11) is 0. The maximum absolute atomic E-state index is 13.9. The highest BCUT2D eigenvalue weighted by Gasteiger charge is 2.39. The largest absolute Gasteiger partial charge is 0.451 e. The van der Waals surface area contributed by atoms with E-state index in [4.69, 9.17) is 4.42 Å². The average Bonchev–Trinajstić information content (AvgIpc) is 3.11. The van der Waals surface area contributed by atoms with Gasteiger partial charge >= 0.3 is 0 Å². The van der Waals surface area contributed by atoms with Crippen LogP contribution in [0.25, 0.3) is 11.3 Å². The van der Waals surface area contributed by atoms with E-state index in [2.05, 4.69) is 5.32 Å². The van der Waals surface area contributed by atoms with Crippen molar-refractivity contribution in [2.75, 3.05) is 13.1 Å². The van der Waals surface area contributed by atoms with E-state index in [1.54, 1.807) is 30.3 Å². The molecule has 2 saturated heterocycles. The molecule has 0 saturated carbocycles. The average molecular weight is 314 g/mol. The highest BCUT2D eigenvalue weighted by atomic mass is 19.1. The van der Waals surface area contributed by atoms with Crippen LogP contribution in [0.4, 0.5) is 4.39 Å². The predicted octanol–water partition coefficient (Wildman–Crippen LogP) is 3.05. The fourth-order valence-electron chi connectivity index (χ4n) is 3.70. The summed E-state index contributed by atoms with van der Waals surface area (Å²) in [6.07, 6.45) is 3.06. The van der Waals surface area contributed by atoms with Gasteiger partial charge < -0.3 is 14.6 Å². The number of nitrogens with one attached hydrogen (secondary N) is 1.